The summed E-state index contributed by atoms with van der Waals surface area (Å²) in [7, 11) is 0. The van der Waals surface area contributed by atoms with Crippen molar-refractivity contribution in [3.8, 4) is 0 Å². The molecule has 2 heterocycles. The number of hydrogen-bond donors (Lipinski definition) is 1. The molecule has 1 aromatic carbocycles. The molecule has 15 heavy (non-hydrogen) atoms. The first-order chi connectivity index (χ1) is 7.21. The normalized spacial score (nSPS) is 21.2. The van der Waals surface area contributed by atoms with E-state index in [1.54, 1.807) is 0 Å². The first kappa shape index (κ1) is 8.73. The van der Waals surface area contributed by atoms with Crippen LogP contribution in [0.4, 0.5) is 4.79 Å². The second kappa shape index (κ2) is 2.73. The van der Waals surface area contributed by atoms with Crippen LogP contribution in [0.1, 0.15) is 11.1 Å². The van der Waals surface area contributed by atoms with Gasteiger partial charge in [0.1, 0.15) is 5.60 Å². The number of fused-ring (bicyclic) bond motifs is 2. The molecule has 0 aliphatic carbocycles. The number of hydrogen-bond acceptors (Lipinski definition) is 2. The van der Waals surface area contributed by atoms with Crippen LogP contribution in [-0.4, -0.2) is 29.2 Å². The summed E-state index contributed by atoms with van der Waals surface area (Å²) >= 11 is 0. The van der Waals surface area contributed by atoms with E-state index in [2.05, 4.69) is 0 Å². The molecule has 0 atom stereocenters. The SMILES string of the molecule is O=C(O)N1CC2(C1)OCc1ccccc12. The summed E-state index contributed by atoms with van der Waals surface area (Å²) in [6.07, 6.45) is -0.867. The molecule has 1 N–H and O–H groups in total. The van der Waals surface area contributed by atoms with E-state index in [0.717, 1.165) is 5.56 Å². The van der Waals surface area contributed by atoms with Crippen molar-refractivity contribution in [2.24, 2.45) is 0 Å². The molecule has 1 spiro atoms. The summed E-state index contributed by atoms with van der Waals surface area (Å²) in [5.74, 6) is 0. The van der Waals surface area contributed by atoms with Crippen LogP contribution >= 0.6 is 0 Å². The maximum absolute atomic E-state index is 10.7. The Hall–Kier alpha value is -1.55. The van der Waals surface area contributed by atoms with Crippen LogP contribution < -0.4 is 0 Å². The first-order valence-corrected chi connectivity index (χ1v) is 4.91. The van der Waals surface area contributed by atoms with Crippen LogP contribution in [0.5, 0.6) is 0 Å². The standard InChI is InChI=1S/C11H11NO3/c13-10(14)12-6-11(7-12)9-4-2-1-3-8(9)5-15-11/h1-4H,5-7H2,(H,13,14). The van der Waals surface area contributed by atoms with Gasteiger partial charge in [0.15, 0.2) is 0 Å². The van der Waals surface area contributed by atoms with E-state index in [9.17, 15) is 4.79 Å². The molecule has 1 amide bonds. The molecule has 0 unspecified atom stereocenters. The second-order valence-corrected chi connectivity index (χ2v) is 4.08. The van der Waals surface area contributed by atoms with Gasteiger partial charge in [-0.2, -0.15) is 0 Å². The average Bonchev–Trinajstić information content (AvgIpc) is 2.54. The monoisotopic (exact) mass is 205 g/mol. The summed E-state index contributed by atoms with van der Waals surface area (Å²) in [4.78, 5) is 12.1. The Balaban J connectivity index is 1.90. The van der Waals surface area contributed by atoms with Crippen LogP contribution in [0.15, 0.2) is 24.3 Å². The molecule has 2 aliphatic heterocycles. The predicted octanol–water partition coefficient (Wildman–Crippen LogP) is 1.41. The fraction of sp³-hybridized carbons (Fsp3) is 0.364. The maximum atomic E-state index is 10.7. The van der Waals surface area contributed by atoms with Gasteiger partial charge >= 0.3 is 6.09 Å². The van der Waals surface area contributed by atoms with Crippen molar-refractivity contribution in [1.29, 1.82) is 0 Å². The largest absolute Gasteiger partial charge is 0.465 e. The Labute approximate surface area is 87.1 Å². The van der Waals surface area contributed by atoms with Crippen LogP contribution in [-0.2, 0) is 16.9 Å². The number of rotatable bonds is 0. The Kier molecular flexibility index (Phi) is 1.59. The summed E-state index contributed by atoms with van der Waals surface area (Å²) in [6, 6.07) is 8.02. The van der Waals surface area contributed by atoms with E-state index >= 15 is 0 Å². The molecule has 0 bridgehead atoms. The van der Waals surface area contributed by atoms with Crippen molar-refractivity contribution in [1.82, 2.24) is 4.90 Å². The fourth-order valence-electron chi connectivity index (χ4n) is 2.35. The Morgan fingerprint density at radius 3 is 2.87 bits per heavy atom. The molecule has 2 aliphatic rings. The van der Waals surface area contributed by atoms with Crippen LogP contribution in [0.3, 0.4) is 0 Å². The topological polar surface area (TPSA) is 49.8 Å². The smallest absolute Gasteiger partial charge is 0.407 e. The van der Waals surface area contributed by atoms with Gasteiger partial charge in [-0.1, -0.05) is 24.3 Å². The molecule has 1 saturated heterocycles. The minimum absolute atomic E-state index is 0.352. The number of nitrogens with zero attached hydrogens (tertiary/aromatic N) is 1. The van der Waals surface area contributed by atoms with Crippen molar-refractivity contribution >= 4 is 6.09 Å². The predicted molar refractivity (Wildman–Crippen MR) is 52.5 cm³/mol. The van der Waals surface area contributed by atoms with Gasteiger partial charge in [-0.05, 0) is 11.1 Å². The zero-order valence-electron chi connectivity index (χ0n) is 8.14. The Morgan fingerprint density at radius 1 is 1.40 bits per heavy atom. The Bertz CT molecular complexity index is 424. The molecule has 0 radical (unpaired) electrons. The molecule has 1 aromatic rings. The van der Waals surface area contributed by atoms with E-state index in [-0.39, 0.29) is 5.60 Å². The van der Waals surface area contributed by atoms with Gasteiger partial charge in [-0.3, -0.25) is 0 Å². The molecule has 3 rings (SSSR count). The van der Waals surface area contributed by atoms with Gasteiger partial charge in [-0.25, -0.2) is 4.79 Å². The lowest BCUT2D eigenvalue weighted by Gasteiger charge is -2.45. The summed E-state index contributed by atoms with van der Waals surface area (Å²) in [5, 5.41) is 8.80. The fourth-order valence-corrected chi connectivity index (χ4v) is 2.35. The van der Waals surface area contributed by atoms with E-state index in [4.69, 9.17) is 9.84 Å². The van der Waals surface area contributed by atoms with E-state index in [1.807, 2.05) is 24.3 Å². The zero-order chi connectivity index (χ0) is 10.5. The molecular formula is C11H11NO3. The summed E-state index contributed by atoms with van der Waals surface area (Å²) in [6.45, 7) is 1.52. The first-order valence-electron chi connectivity index (χ1n) is 4.91. The highest BCUT2D eigenvalue weighted by Gasteiger charge is 2.51. The third-order valence-electron chi connectivity index (χ3n) is 3.18. The van der Waals surface area contributed by atoms with Crippen molar-refractivity contribution in [3.05, 3.63) is 35.4 Å². The highest BCUT2D eigenvalue weighted by atomic mass is 16.5. The molecule has 0 aromatic heterocycles. The van der Waals surface area contributed by atoms with Gasteiger partial charge in [-0.15, -0.1) is 0 Å². The van der Waals surface area contributed by atoms with Crippen molar-refractivity contribution in [2.75, 3.05) is 13.1 Å². The van der Waals surface area contributed by atoms with Crippen molar-refractivity contribution in [3.63, 3.8) is 0 Å². The number of carboxylic acid groups (broad SMARTS) is 1. The lowest BCUT2D eigenvalue weighted by atomic mass is 9.86. The van der Waals surface area contributed by atoms with Gasteiger partial charge < -0.3 is 14.7 Å². The minimum Gasteiger partial charge on any atom is -0.465 e. The highest BCUT2D eigenvalue weighted by molar-refractivity contribution is 5.67. The van der Waals surface area contributed by atoms with Crippen LogP contribution in [0.25, 0.3) is 0 Å². The average molecular weight is 205 g/mol. The van der Waals surface area contributed by atoms with E-state index in [1.165, 1.54) is 10.5 Å². The molecule has 1 fully saturated rings. The maximum Gasteiger partial charge on any atom is 0.407 e. The molecule has 4 nitrogen and oxygen atoms in total. The second-order valence-electron chi connectivity index (χ2n) is 4.08. The van der Waals surface area contributed by atoms with Crippen LogP contribution in [0.2, 0.25) is 0 Å². The van der Waals surface area contributed by atoms with Crippen molar-refractivity contribution < 1.29 is 14.6 Å². The quantitative estimate of drug-likeness (QED) is 0.696. The lowest BCUT2D eigenvalue weighted by Crippen LogP contribution is -2.60. The number of benzene rings is 1. The van der Waals surface area contributed by atoms with Crippen LogP contribution in [0, 0.1) is 0 Å². The number of amides is 1. The van der Waals surface area contributed by atoms with E-state index < -0.39 is 6.09 Å². The van der Waals surface area contributed by atoms with Gasteiger partial charge in [0.25, 0.3) is 0 Å². The zero-order valence-corrected chi connectivity index (χ0v) is 8.14. The minimum atomic E-state index is -0.867. The summed E-state index contributed by atoms with van der Waals surface area (Å²) in [5.41, 5.74) is 1.99. The third kappa shape index (κ3) is 1.08. The van der Waals surface area contributed by atoms with E-state index in [0.29, 0.717) is 19.7 Å². The summed E-state index contributed by atoms with van der Waals surface area (Å²) < 4.78 is 5.72. The molecule has 4 heteroatoms. The molecular weight excluding hydrogens is 194 g/mol. The Morgan fingerprint density at radius 2 is 2.13 bits per heavy atom. The third-order valence-corrected chi connectivity index (χ3v) is 3.18. The highest BCUT2D eigenvalue weighted by Crippen LogP contribution is 2.43. The number of likely N-dealkylation sites (tertiary alicyclic amines) is 1. The molecule has 0 saturated carbocycles. The molecule has 78 valence electrons. The number of ether oxygens (including phenoxy) is 1. The lowest BCUT2D eigenvalue weighted by molar-refractivity contribution is -0.129. The van der Waals surface area contributed by atoms with Gasteiger partial charge in [0, 0.05) is 0 Å². The van der Waals surface area contributed by atoms with Gasteiger partial charge in [0.05, 0.1) is 19.7 Å². The van der Waals surface area contributed by atoms with Crippen molar-refractivity contribution in [2.45, 2.75) is 12.2 Å². The number of carbonyl (C=O) groups is 1. The van der Waals surface area contributed by atoms with Gasteiger partial charge in [0.2, 0.25) is 0 Å².